The standard InChI is InChI=1S/C21H23ClN2OS/c1-5-8-26-20-9-14(6-7-18(20)22)16-10-17-19(11-15(16)12(2)3)23-13(4)24-21(17)25/h6-7,9-12H,5,8H2,1-4H3,(H,23,24,25). The number of benzene rings is 2. The largest absolute Gasteiger partial charge is 0.310 e. The van der Waals surface area contributed by atoms with Crippen LogP contribution < -0.4 is 5.56 Å². The molecule has 0 aliphatic heterocycles. The second kappa shape index (κ2) is 7.85. The highest BCUT2D eigenvalue weighted by molar-refractivity contribution is 7.99. The maximum atomic E-state index is 12.4. The summed E-state index contributed by atoms with van der Waals surface area (Å²) in [7, 11) is 0. The van der Waals surface area contributed by atoms with E-state index in [2.05, 4.69) is 36.8 Å². The molecule has 0 saturated carbocycles. The van der Waals surface area contributed by atoms with E-state index in [0.717, 1.165) is 38.7 Å². The maximum absolute atomic E-state index is 12.4. The van der Waals surface area contributed by atoms with Gasteiger partial charge in [0.1, 0.15) is 5.82 Å². The van der Waals surface area contributed by atoms with Crippen molar-refractivity contribution in [2.24, 2.45) is 0 Å². The van der Waals surface area contributed by atoms with Crippen LogP contribution in [-0.4, -0.2) is 15.7 Å². The Labute approximate surface area is 163 Å². The van der Waals surface area contributed by atoms with Crippen molar-refractivity contribution in [3.05, 3.63) is 57.1 Å². The van der Waals surface area contributed by atoms with Crippen molar-refractivity contribution >= 4 is 34.3 Å². The molecule has 136 valence electrons. The van der Waals surface area contributed by atoms with Crippen LogP contribution >= 0.6 is 23.4 Å². The number of H-pyrrole nitrogens is 1. The Kier molecular flexibility index (Phi) is 5.73. The molecule has 0 aliphatic rings. The number of halogens is 1. The Morgan fingerprint density at radius 1 is 1.23 bits per heavy atom. The number of aromatic nitrogens is 2. The van der Waals surface area contributed by atoms with Crippen LogP contribution in [0.5, 0.6) is 0 Å². The zero-order valence-electron chi connectivity index (χ0n) is 15.5. The lowest BCUT2D eigenvalue weighted by Gasteiger charge is -2.16. The summed E-state index contributed by atoms with van der Waals surface area (Å²) in [6, 6.07) is 10.1. The molecule has 0 unspecified atom stereocenters. The van der Waals surface area contributed by atoms with Crippen LogP contribution in [0.2, 0.25) is 5.02 Å². The molecule has 0 fully saturated rings. The third kappa shape index (κ3) is 3.81. The summed E-state index contributed by atoms with van der Waals surface area (Å²) < 4.78 is 0. The fraction of sp³-hybridized carbons (Fsp3) is 0.333. The molecule has 2 aromatic carbocycles. The molecule has 3 rings (SSSR count). The second-order valence-electron chi connectivity index (χ2n) is 6.76. The highest BCUT2D eigenvalue weighted by Gasteiger charge is 2.14. The summed E-state index contributed by atoms with van der Waals surface area (Å²) in [4.78, 5) is 20.8. The van der Waals surface area contributed by atoms with E-state index in [4.69, 9.17) is 11.6 Å². The first kappa shape index (κ1) is 19.0. The van der Waals surface area contributed by atoms with E-state index in [1.165, 1.54) is 5.56 Å². The minimum absolute atomic E-state index is 0.0985. The van der Waals surface area contributed by atoms with Gasteiger partial charge in [0.15, 0.2) is 0 Å². The van der Waals surface area contributed by atoms with E-state index in [-0.39, 0.29) is 5.56 Å². The average molecular weight is 387 g/mol. The van der Waals surface area contributed by atoms with Gasteiger partial charge in [-0.25, -0.2) is 4.98 Å². The van der Waals surface area contributed by atoms with Crippen LogP contribution in [0.3, 0.4) is 0 Å². The molecule has 5 heteroatoms. The smallest absolute Gasteiger partial charge is 0.258 e. The molecule has 3 aromatic rings. The van der Waals surface area contributed by atoms with E-state index in [9.17, 15) is 4.79 Å². The quantitative estimate of drug-likeness (QED) is 0.532. The van der Waals surface area contributed by atoms with Crippen LogP contribution in [0, 0.1) is 6.92 Å². The van der Waals surface area contributed by atoms with Crippen molar-refractivity contribution < 1.29 is 0 Å². The van der Waals surface area contributed by atoms with E-state index in [1.54, 1.807) is 18.7 Å². The number of nitrogens with one attached hydrogen (secondary N) is 1. The third-order valence-electron chi connectivity index (χ3n) is 4.32. The number of fused-ring (bicyclic) bond motifs is 1. The van der Waals surface area contributed by atoms with E-state index in [0.29, 0.717) is 17.1 Å². The van der Waals surface area contributed by atoms with Crippen LogP contribution in [0.25, 0.3) is 22.0 Å². The molecule has 26 heavy (non-hydrogen) atoms. The molecular formula is C21H23ClN2OS. The summed E-state index contributed by atoms with van der Waals surface area (Å²) >= 11 is 8.14. The lowest BCUT2D eigenvalue weighted by atomic mass is 9.91. The maximum Gasteiger partial charge on any atom is 0.258 e. The number of hydrogen-bond acceptors (Lipinski definition) is 3. The first-order chi connectivity index (χ1) is 12.4. The van der Waals surface area contributed by atoms with Crippen LogP contribution in [0.15, 0.2) is 40.0 Å². The Bertz CT molecular complexity index is 1010. The summed E-state index contributed by atoms with van der Waals surface area (Å²) in [5.74, 6) is 1.98. The van der Waals surface area contributed by atoms with Crippen LogP contribution in [0.1, 0.15) is 44.5 Å². The van der Waals surface area contributed by atoms with Crippen molar-refractivity contribution in [3.8, 4) is 11.1 Å². The van der Waals surface area contributed by atoms with Crippen molar-refractivity contribution in [3.63, 3.8) is 0 Å². The number of rotatable bonds is 5. The monoisotopic (exact) mass is 386 g/mol. The lowest BCUT2D eigenvalue weighted by Crippen LogP contribution is -2.10. The summed E-state index contributed by atoms with van der Waals surface area (Å²) in [5, 5.41) is 1.39. The molecule has 0 radical (unpaired) electrons. The number of hydrogen-bond donors (Lipinski definition) is 1. The van der Waals surface area contributed by atoms with Gasteiger partial charge in [-0.05, 0) is 66.0 Å². The first-order valence-electron chi connectivity index (χ1n) is 8.88. The Morgan fingerprint density at radius 2 is 2.00 bits per heavy atom. The number of thioether (sulfide) groups is 1. The van der Waals surface area contributed by atoms with E-state index >= 15 is 0 Å². The fourth-order valence-corrected chi connectivity index (χ4v) is 4.16. The van der Waals surface area contributed by atoms with E-state index < -0.39 is 0 Å². The summed E-state index contributed by atoms with van der Waals surface area (Å²) in [5.41, 5.74) is 3.98. The number of nitrogens with zero attached hydrogens (tertiary/aromatic N) is 1. The number of aromatic amines is 1. The van der Waals surface area contributed by atoms with Gasteiger partial charge in [0.25, 0.3) is 5.56 Å². The van der Waals surface area contributed by atoms with Crippen molar-refractivity contribution in [1.29, 1.82) is 0 Å². The van der Waals surface area contributed by atoms with Crippen molar-refractivity contribution in [2.45, 2.75) is 44.9 Å². The van der Waals surface area contributed by atoms with Gasteiger partial charge in [-0.3, -0.25) is 4.79 Å². The first-order valence-corrected chi connectivity index (χ1v) is 10.2. The number of aryl methyl sites for hydroxylation is 1. The fourth-order valence-electron chi connectivity index (χ4n) is 3.04. The molecule has 0 saturated heterocycles. The van der Waals surface area contributed by atoms with Gasteiger partial charge in [0.2, 0.25) is 0 Å². The van der Waals surface area contributed by atoms with Gasteiger partial charge in [0.05, 0.1) is 15.9 Å². The van der Waals surface area contributed by atoms with E-state index in [1.807, 2.05) is 24.3 Å². The average Bonchev–Trinajstić information content (AvgIpc) is 2.60. The molecular weight excluding hydrogens is 364 g/mol. The third-order valence-corrected chi connectivity index (χ3v) is 6.02. The molecule has 1 N–H and O–H groups in total. The molecule has 0 spiro atoms. The van der Waals surface area contributed by atoms with Crippen molar-refractivity contribution in [1.82, 2.24) is 9.97 Å². The van der Waals surface area contributed by atoms with Gasteiger partial charge in [-0.15, -0.1) is 11.8 Å². The van der Waals surface area contributed by atoms with Gasteiger partial charge >= 0.3 is 0 Å². The zero-order chi connectivity index (χ0) is 18.8. The van der Waals surface area contributed by atoms with Crippen LogP contribution in [0.4, 0.5) is 0 Å². The predicted octanol–water partition coefficient (Wildman–Crippen LogP) is 6.18. The highest BCUT2D eigenvalue weighted by Crippen LogP contribution is 2.36. The molecule has 1 aromatic heterocycles. The van der Waals surface area contributed by atoms with Gasteiger partial charge < -0.3 is 4.98 Å². The Balaban J connectivity index is 2.23. The second-order valence-corrected chi connectivity index (χ2v) is 8.30. The van der Waals surface area contributed by atoms with Crippen LogP contribution in [-0.2, 0) is 0 Å². The minimum atomic E-state index is -0.0985. The Morgan fingerprint density at radius 3 is 2.69 bits per heavy atom. The zero-order valence-corrected chi connectivity index (χ0v) is 17.1. The SMILES string of the molecule is CCCSc1cc(-c2cc3c(=O)[nH]c(C)nc3cc2C(C)C)ccc1Cl. The highest BCUT2D eigenvalue weighted by atomic mass is 35.5. The summed E-state index contributed by atoms with van der Waals surface area (Å²) in [6.07, 6.45) is 1.10. The minimum Gasteiger partial charge on any atom is -0.310 e. The normalized spacial score (nSPS) is 11.5. The van der Waals surface area contributed by atoms with Gasteiger partial charge in [0, 0.05) is 4.90 Å². The van der Waals surface area contributed by atoms with Gasteiger partial charge in [-0.1, -0.05) is 38.4 Å². The molecule has 0 atom stereocenters. The molecule has 0 amide bonds. The molecule has 3 nitrogen and oxygen atoms in total. The predicted molar refractivity (Wildman–Crippen MR) is 113 cm³/mol. The molecule has 0 bridgehead atoms. The topological polar surface area (TPSA) is 45.8 Å². The summed E-state index contributed by atoms with van der Waals surface area (Å²) in [6.45, 7) is 8.28. The van der Waals surface area contributed by atoms with Gasteiger partial charge in [-0.2, -0.15) is 0 Å². The van der Waals surface area contributed by atoms with Crippen molar-refractivity contribution in [2.75, 3.05) is 5.75 Å². The molecule has 1 heterocycles. The lowest BCUT2D eigenvalue weighted by molar-refractivity contribution is 0.869. The molecule has 0 aliphatic carbocycles. The Hall–Kier alpha value is -1.78.